The molecule has 0 bridgehead atoms. The van der Waals surface area contributed by atoms with Crippen molar-refractivity contribution in [3.8, 4) is 0 Å². The van der Waals surface area contributed by atoms with Crippen molar-refractivity contribution in [2.75, 3.05) is 12.3 Å². The van der Waals surface area contributed by atoms with Crippen molar-refractivity contribution < 1.29 is 23.1 Å². The number of carboxylic acid groups (broad SMARTS) is 1. The van der Waals surface area contributed by atoms with Crippen LogP contribution in [0.5, 0.6) is 0 Å². The molecule has 1 amide bonds. The molecule has 1 aromatic carbocycles. The first-order valence-corrected chi connectivity index (χ1v) is 8.18. The second-order valence-corrected chi connectivity index (χ2v) is 6.84. The molecule has 7 heteroatoms. The van der Waals surface area contributed by atoms with E-state index < -0.39 is 15.8 Å². The third-order valence-electron chi connectivity index (χ3n) is 3.06. The summed E-state index contributed by atoms with van der Waals surface area (Å²) in [6.45, 7) is 5.40. The lowest BCUT2D eigenvalue weighted by Crippen LogP contribution is -2.25. The molecule has 0 unspecified atom stereocenters. The van der Waals surface area contributed by atoms with Crippen LogP contribution in [0, 0.1) is 13.8 Å². The van der Waals surface area contributed by atoms with Gasteiger partial charge in [0.25, 0.3) is 0 Å². The van der Waals surface area contributed by atoms with Gasteiger partial charge in [0, 0.05) is 13.0 Å². The van der Waals surface area contributed by atoms with Crippen LogP contribution in [-0.4, -0.2) is 37.7 Å². The molecule has 21 heavy (non-hydrogen) atoms. The standard InChI is InChI=1S/C14H19NO5S/c1-4-15-13(16)5-6-21(19,20)12-8-11(14(17)18)9(2)7-10(12)3/h7-8H,4-6H2,1-3H3,(H,15,16)(H,17,18). The third kappa shape index (κ3) is 4.29. The number of aromatic carboxylic acids is 1. The number of carbonyl (C=O) groups excluding carboxylic acids is 1. The van der Waals surface area contributed by atoms with Crippen LogP contribution < -0.4 is 5.32 Å². The summed E-state index contributed by atoms with van der Waals surface area (Å²) in [7, 11) is -3.70. The fourth-order valence-electron chi connectivity index (χ4n) is 2.02. The Morgan fingerprint density at radius 3 is 2.33 bits per heavy atom. The average Bonchev–Trinajstić information content (AvgIpc) is 2.36. The maximum Gasteiger partial charge on any atom is 0.335 e. The lowest BCUT2D eigenvalue weighted by Gasteiger charge is -2.11. The van der Waals surface area contributed by atoms with Crippen molar-refractivity contribution in [1.29, 1.82) is 0 Å². The molecular weight excluding hydrogens is 294 g/mol. The third-order valence-corrected chi connectivity index (χ3v) is 4.91. The van der Waals surface area contributed by atoms with Gasteiger partial charge in [-0.05, 0) is 38.0 Å². The molecule has 0 radical (unpaired) electrons. The number of aryl methyl sites for hydroxylation is 2. The highest BCUT2D eigenvalue weighted by molar-refractivity contribution is 7.91. The van der Waals surface area contributed by atoms with Crippen molar-refractivity contribution in [3.63, 3.8) is 0 Å². The van der Waals surface area contributed by atoms with Crippen LogP contribution in [0.25, 0.3) is 0 Å². The Morgan fingerprint density at radius 1 is 1.19 bits per heavy atom. The molecule has 2 N–H and O–H groups in total. The minimum atomic E-state index is -3.70. The van der Waals surface area contributed by atoms with Gasteiger partial charge in [0.2, 0.25) is 5.91 Å². The first kappa shape index (κ1) is 17.2. The maximum atomic E-state index is 12.3. The molecule has 1 aromatic rings. The number of benzene rings is 1. The van der Waals surface area contributed by atoms with Crippen molar-refractivity contribution in [3.05, 3.63) is 28.8 Å². The minimum absolute atomic E-state index is 0.0326. The van der Waals surface area contributed by atoms with Gasteiger partial charge in [-0.25, -0.2) is 13.2 Å². The Bertz CT molecular complexity index is 664. The monoisotopic (exact) mass is 313 g/mol. The van der Waals surface area contributed by atoms with Crippen LogP contribution in [0.4, 0.5) is 0 Å². The number of carbonyl (C=O) groups is 2. The van der Waals surface area contributed by atoms with Crippen molar-refractivity contribution in [2.24, 2.45) is 0 Å². The molecule has 0 fully saturated rings. The number of nitrogens with one attached hydrogen (secondary N) is 1. The lowest BCUT2D eigenvalue weighted by atomic mass is 10.1. The zero-order chi connectivity index (χ0) is 16.2. The summed E-state index contributed by atoms with van der Waals surface area (Å²) in [6.07, 6.45) is -0.147. The molecule has 0 aliphatic carbocycles. The molecule has 0 aliphatic rings. The van der Waals surface area contributed by atoms with Gasteiger partial charge in [0.15, 0.2) is 9.84 Å². The van der Waals surface area contributed by atoms with E-state index in [-0.39, 0.29) is 28.5 Å². The molecule has 0 atom stereocenters. The molecular formula is C14H19NO5S. The van der Waals surface area contributed by atoms with E-state index in [9.17, 15) is 18.0 Å². The second-order valence-electron chi connectivity index (χ2n) is 4.76. The van der Waals surface area contributed by atoms with Gasteiger partial charge >= 0.3 is 5.97 Å². The lowest BCUT2D eigenvalue weighted by molar-refractivity contribution is -0.120. The van der Waals surface area contributed by atoms with E-state index >= 15 is 0 Å². The smallest absolute Gasteiger partial charge is 0.335 e. The molecule has 0 aromatic heterocycles. The number of hydrogen-bond donors (Lipinski definition) is 2. The van der Waals surface area contributed by atoms with Crippen LogP contribution in [0.2, 0.25) is 0 Å². The Kier molecular flexibility index (Phi) is 5.48. The number of amides is 1. The van der Waals surface area contributed by atoms with Gasteiger partial charge in [-0.15, -0.1) is 0 Å². The second kappa shape index (κ2) is 6.71. The average molecular weight is 313 g/mol. The Hall–Kier alpha value is -1.89. The Labute approximate surface area is 124 Å². The van der Waals surface area contributed by atoms with Crippen LogP contribution in [0.1, 0.15) is 34.8 Å². The predicted octanol–water partition coefficient (Wildman–Crippen LogP) is 1.30. The highest BCUT2D eigenvalue weighted by Crippen LogP contribution is 2.22. The van der Waals surface area contributed by atoms with E-state index in [1.54, 1.807) is 20.8 Å². The number of hydrogen-bond acceptors (Lipinski definition) is 4. The highest BCUT2D eigenvalue weighted by atomic mass is 32.2. The fraction of sp³-hybridized carbons (Fsp3) is 0.429. The van der Waals surface area contributed by atoms with E-state index in [1.165, 1.54) is 12.1 Å². The van der Waals surface area contributed by atoms with Crippen molar-refractivity contribution in [1.82, 2.24) is 5.32 Å². The van der Waals surface area contributed by atoms with Gasteiger partial charge in [-0.3, -0.25) is 4.79 Å². The maximum absolute atomic E-state index is 12.3. The summed E-state index contributed by atoms with van der Waals surface area (Å²) >= 11 is 0. The molecule has 1 rings (SSSR count). The molecule has 0 heterocycles. The number of sulfone groups is 1. The number of rotatable bonds is 6. The predicted molar refractivity (Wildman–Crippen MR) is 78.2 cm³/mol. The van der Waals surface area contributed by atoms with Gasteiger partial charge in [0.1, 0.15) is 0 Å². The summed E-state index contributed by atoms with van der Waals surface area (Å²) < 4.78 is 24.5. The first-order valence-electron chi connectivity index (χ1n) is 6.53. The molecule has 0 saturated heterocycles. The van der Waals surface area contributed by atoms with Crippen LogP contribution in [-0.2, 0) is 14.6 Å². The first-order chi connectivity index (χ1) is 9.69. The van der Waals surface area contributed by atoms with E-state index in [0.29, 0.717) is 17.7 Å². The fourth-order valence-corrected chi connectivity index (χ4v) is 3.54. The quantitative estimate of drug-likeness (QED) is 0.824. The topological polar surface area (TPSA) is 101 Å². The van der Waals surface area contributed by atoms with Crippen molar-refractivity contribution >= 4 is 21.7 Å². The Morgan fingerprint density at radius 2 is 1.81 bits per heavy atom. The molecule has 0 spiro atoms. The Balaban J connectivity index is 3.11. The van der Waals surface area contributed by atoms with Gasteiger partial charge in [0.05, 0.1) is 16.2 Å². The SMILES string of the molecule is CCNC(=O)CCS(=O)(=O)c1cc(C(=O)O)c(C)cc1C. The van der Waals surface area contributed by atoms with E-state index in [1.807, 2.05) is 0 Å². The molecule has 6 nitrogen and oxygen atoms in total. The summed E-state index contributed by atoms with van der Waals surface area (Å²) in [5.74, 6) is -1.86. The van der Waals surface area contributed by atoms with E-state index in [2.05, 4.69) is 5.32 Å². The van der Waals surface area contributed by atoms with E-state index in [4.69, 9.17) is 5.11 Å². The van der Waals surface area contributed by atoms with Gasteiger partial charge in [-0.1, -0.05) is 6.07 Å². The molecule has 0 aliphatic heterocycles. The van der Waals surface area contributed by atoms with Gasteiger partial charge < -0.3 is 10.4 Å². The number of carboxylic acids is 1. The summed E-state index contributed by atoms with van der Waals surface area (Å²) in [6, 6.07) is 2.70. The van der Waals surface area contributed by atoms with Crippen LogP contribution in [0.15, 0.2) is 17.0 Å². The zero-order valence-corrected chi connectivity index (χ0v) is 13.1. The van der Waals surface area contributed by atoms with E-state index in [0.717, 1.165) is 0 Å². The highest BCUT2D eigenvalue weighted by Gasteiger charge is 2.21. The molecule has 116 valence electrons. The minimum Gasteiger partial charge on any atom is -0.478 e. The summed E-state index contributed by atoms with van der Waals surface area (Å²) in [4.78, 5) is 22.4. The van der Waals surface area contributed by atoms with Gasteiger partial charge in [-0.2, -0.15) is 0 Å². The van der Waals surface area contributed by atoms with Crippen molar-refractivity contribution in [2.45, 2.75) is 32.1 Å². The summed E-state index contributed by atoms with van der Waals surface area (Å²) in [5.41, 5.74) is 0.938. The van der Waals surface area contributed by atoms with Crippen LogP contribution in [0.3, 0.4) is 0 Å². The zero-order valence-electron chi connectivity index (χ0n) is 12.3. The normalized spacial score (nSPS) is 11.2. The van der Waals surface area contributed by atoms with Crippen LogP contribution >= 0.6 is 0 Å². The molecule has 0 saturated carbocycles. The summed E-state index contributed by atoms with van der Waals surface area (Å²) in [5, 5.41) is 11.6. The largest absolute Gasteiger partial charge is 0.478 e.